The van der Waals surface area contributed by atoms with Crippen molar-refractivity contribution in [1.82, 2.24) is 42.5 Å². The average molecular weight is 629 g/mol. The van der Waals surface area contributed by atoms with Crippen LogP contribution in [0.2, 0.25) is 0 Å². The Labute approximate surface area is 258 Å². The van der Waals surface area contributed by atoms with E-state index in [0.29, 0.717) is 49.3 Å². The molecular formula is C32H60GeN8. The van der Waals surface area contributed by atoms with Gasteiger partial charge >= 0.3 is 17.6 Å². The molecule has 0 aromatic rings. The van der Waals surface area contributed by atoms with E-state index in [9.17, 15) is 0 Å². The summed E-state index contributed by atoms with van der Waals surface area (Å²) in [6.07, 6.45) is 25.6. The number of rotatable bonds is 0. The molecule has 8 unspecified atom stereocenters. The molecule has 0 aromatic heterocycles. The van der Waals surface area contributed by atoms with E-state index in [0.717, 1.165) is 47.3 Å². The first-order valence-electron chi connectivity index (χ1n) is 17.9. The maximum atomic E-state index is 4.26. The van der Waals surface area contributed by atoms with Gasteiger partial charge in [-0.05, 0) is 98.7 Å². The zero-order valence-electron chi connectivity index (χ0n) is 24.6. The molecule has 0 radical (unpaired) electrons. The van der Waals surface area contributed by atoms with Crippen molar-refractivity contribution in [3.05, 3.63) is 0 Å². The van der Waals surface area contributed by atoms with Gasteiger partial charge < -0.3 is 0 Å². The Morgan fingerprint density at radius 1 is 0.220 bits per heavy atom. The molecule has 0 amide bonds. The van der Waals surface area contributed by atoms with Gasteiger partial charge in [0.05, 0.1) is 49.3 Å². The molecule has 4 saturated carbocycles. The van der Waals surface area contributed by atoms with Gasteiger partial charge in [0.15, 0.2) is 0 Å². The van der Waals surface area contributed by atoms with Crippen LogP contribution in [-0.4, -0.2) is 66.9 Å². The van der Waals surface area contributed by atoms with Gasteiger partial charge in [-0.2, -0.15) is 0 Å². The van der Waals surface area contributed by atoms with Crippen LogP contribution in [0.25, 0.3) is 0 Å². The van der Waals surface area contributed by atoms with Crippen molar-refractivity contribution in [2.45, 2.75) is 152 Å². The first-order valence-corrected chi connectivity index (χ1v) is 17.9. The fourth-order valence-corrected chi connectivity index (χ4v) is 12.0. The number of hydrogen-bond donors (Lipinski definition) is 8. The van der Waals surface area contributed by atoms with Gasteiger partial charge in [-0.1, -0.05) is 51.4 Å². The van der Waals surface area contributed by atoms with Crippen LogP contribution in [0.15, 0.2) is 0 Å². The summed E-state index contributed by atoms with van der Waals surface area (Å²) in [5, 5.41) is 33.8. The minimum atomic E-state index is 0. The third-order valence-electron chi connectivity index (χ3n) is 13.8. The van der Waals surface area contributed by atoms with Gasteiger partial charge in [0, 0.05) is 0 Å². The molecule has 232 valence electrons. The van der Waals surface area contributed by atoms with E-state index >= 15 is 0 Å². The molecule has 0 spiro atoms. The van der Waals surface area contributed by atoms with Crippen LogP contribution in [0.1, 0.15) is 103 Å². The van der Waals surface area contributed by atoms with Crippen molar-refractivity contribution in [2.24, 2.45) is 47.3 Å². The van der Waals surface area contributed by atoms with E-state index in [1.807, 2.05) is 0 Å². The number of hydrogen-bond acceptors (Lipinski definition) is 8. The molecule has 41 heavy (non-hydrogen) atoms. The van der Waals surface area contributed by atoms with Crippen LogP contribution >= 0.6 is 0 Å². The van der Waals surface area contributed by atoms with Gasteiger partial charge in [0.1, 0.15) is 0 Å². The molecule has 5 aliphatic heterocycles. The van der Waals surface area contributed by atoms with Crippen LogP contribution in [0.4, 0.5) is 0 Å². The molecule has 5 saturated heterocycles. The van der Waals surface area contributed by atoms with Gasteiger partial charge in [-0.3, -0.25) is 42.5 Å². The second-order valence-electron chi connectivity index (χ2n) is 15.6. The molecular weight excluding hydrogens is 569 g/mol. The van der Waals surface area contributed by atoms with Gasteiger partial charge in [-0.15, -0.1) is 0 Å². The summed E-state index contributed by atoms with van der Waals surface area (Å²) in [5.74, 6) is 5.97. The summed E-state index contributed by atoms with van der Waals surface area (Å²) in [7, 11) is 0. The summed E-state index contributed by atoms with van der Waals surface area (Å²) in [4.78, 5) is 0. The Morgan fingerprint density at radius 2 is 0.341 bits per heavy atom. The van der Waals surface area contributed by atoms with Crippen molar-refractivity contribution in [1.29, 1.82) is 0 Å². The fraction of sp³-hybridized carbons (Fsp3) is 1.00. The molecule has 4 aliphatic carbocycles. The summed E-state index contributed by atoms with van der Waals surface area (Å²) < 4.78 is 0. The van der Waals surface area contributed by atoms with E-state index < -0.39 is 0 Å². The second-order valence-corrected chi connectivity index (χ2v) is 15.6. The van der Waals surface area contributed by atoms with E-state index in [-0.39, 0.29) is 17.6 Å². The van der Waals surface area contributed by atoms with Crippen molar-refractivity contribution >= 4 is 17.6 Å². The van der Waals surface area contributed by atoms with E-state index in [4.69, 9.17) is 0 Å². The molecule has 9 rings (SSSR count). The normalized spacial score (nSPS) is 56.2. The second kappa shape index (κ2) is 11.9. The number of fused-ring (bicyclic) bond motifs is 20. The van der Waals surface area contributed by atoms with Crippen molar-refractivity contribution < 1.29 is 0 Å². The first kappa shape index (κ1) is 28.7. The summed E-state index contributed by atoms with van der Waals surface area (Å²) in [6.45, 7) is 0. The molecule has 9 fully saturated rings. The molecule has 8 nitrogen and oxygen atoms in total. The summed E-state index contributed by atoms with van der Waals surface area (Å²) in [6, 6.07) is 0. The van der Waals surface area contributed by atoms with E-state index in [2.05, 4.69) is 42.5 Å². The van der Waals surface area contributed by atoms with Crippen LogP contribution < -0.4 is 42.5 Å². The van der Waals surface area contributed by atoms with Crippen LogP contribution in [0, 0.1) is 47.3 Å². The van der Waals surface area contributed by atoms with Gasteiger partial charge in [-0.25, -0.2) is 0 Å². The SMILES string of the molecule is C1CCC2C3NC(NC4NC(NC5NC(NC6NC(N3)C3CCCCC63)C3CCCCC53)C3CCCCC43)C2C1.[GeH4]. The maximum absolute atomic E-state index is 4.26. The topological polar surface area (TPSA) is 96.2 Å². The Morgan fingerprint density at radius 3 is 0.463 bits per heavy atom. The Bertz CT molecular complexity index is 716. The van der Waals surface area contributed by atoms with Gasteiger partial charge in [0.25, 0.3) is 0 Å². The van der Waals surface area contributed by atoms with Gasteiger partial charge in [0.2, 0.25) is 0 Å². The van der Waals surface area contributed by atoms with Crippen molar-refractivity contribution in [2.75, 3.05) is 0 Å². The van der Waals surface area contributed by atoms with Crippen LogP contribution in [0.5, 0.6) is 0 Å². The molecule has 8 N–H and O–H groups in total. The van der Waals surface area contributed by atoms with E-state index in [1.54, 1.807) is 0 Å². The minimum absolute atomic E-state index is 0. The number of nitrogens with one attached hydrogen (secondary N) is 8. The average Bonchev–Trinajstić information content (AvgIpc) is 3.73. The standard InChI is InChI=1S/C32H56N8.GeH4/c1-2-10-18-17(9-1)25-33-26(18)38-28-21-13-5-6-14-22(21)30(35-28)40-32-24-16-8-7-15-23(24)31(36-32)39-29-20-12-4-3-11-19(20)27(34-29)37-25;/h17-40H,1-16H2;1H4. The molecule has 9 heteroatoms. The third-order valence-corrected chi connectivity index (χ3v) is 13.8. The molecule has 5 heterocycles. The first-order chi connectivity index (χ1) is 19.8. The third kappa shape index (κ3) is 5.02. The Hall–Kier alpha value is 0.223. The molecule has 0 aromatic carbocycles. The predicted molar refractivity (Wildman–Crippen MR) is 169 cm³/mol. The zero-order valence-corrected chi connectivity index (χ0v) is 24.6. The Kier molecular flexibility index (Phi) is 8.30. The van der Waals surface area contributed by atoms with Crippen LogP contribution in [-0.2, 0) is 0 Å². The fourth-order valence-electron chi connectivity index (χ4n) is 12.0. The molecule has 8 atom stereocenters. The quantitative estimate of drug-likeness (QED) is 0.190. The summed E-state index contributed by atoms with van der Waals surface area (Å²) in [5.41, 5.74) is 0. The molecule has 9 aliphatic rings. The Balaban J connectivity index is 0.00000256. The monoisotopic (exact) mass is 630 g/mol. The van der Waals surface area contributed by atoms with Crippen molar-refractivity contribution in [3.8, 4) is 0 Å². The predicted octanol–water partition coefficient (Wildman–Crippen LogP) is 1.15. The summed E-state index contributed by atoms with van der Waals surface area (Å²) >= 11 is 0. The molecule has 8 bridgehead atoms. The van der Waals surface area contributed by atoms with Crippen LogP contribution in [0.3, 0.4) is 0 Å². The van der Waals surface area contributed by atoms with Crippen molar-refractivity contribution in [3.63, 3.8) is 0 Å². The zero-order chi connectivity index (χ0) is 26.2. The van der Waals surface area contributed by atoms with E-state index in [1.165, 1.54) is 103 Å².